The van der Waals surface area contributed by atoms with Gasteiger partial charge < -0.3 is 9.47 Å². The maximum atomic E-state index is 10.8. The van der Waals surface area contributed by atoms with Crippen LogP contribution in [0.3, 0.4) is 0 Å². The van der Waals surface area contributed by atoms with Crippen LogP contribution in [0.4, 0.5) is 0 Å². The van der Waals surface area contributed by atoms with E-state index >= 15 is 0 Å². The van der Waals surface area contributed by atoms with Crippen molar-refractivity contribution in [3.63, 3.8) is 0 Å². The summed E-state index contributed by atoms with van der Waals surface area (Å²) in [4.78, 5) is 18.8. The van der Waals surface area contributed by atoms with Gasteiger partial charge in [-0.15, -0.1) is 0 Å². The Bertz CT molecular complexity index is 690. The topological polar surface area (TPSA) is 79.1 Å². The zero-order chi connectivity index (χ0) is 15.0. The van der Waals surface area contributed by atoms with Crippen molar-refractivity contribution >= 4 is 40.2 Å². The minimum absolute atomic E-state index is 0.0590. The molecule has 1 aliphatic rings. The van der Waals surface area contributed by atoms with E-state index in [2.05, 4.69) is 15.1 Å². The fourth-order valence-electron chi connectivity index (χ4n) is 2.28. The van der Waals surface area contributed by atoms with Gasteiger partial charge in [0.15, 0.2) is 11.9 Å². The number of carbonyl (C=O) groups is 1. The number of nitrogens with zero attached hydrogens (tertiary/aromatic N) is 4. The molecule has 1 aliphatic heterocycles. The smallest absolute Gasteiger partial charge is 0.302 e. The molecule has 2 aromatic rings. The fourth-order valence-corrected chi connectivity index (χ4v) is 2.70. The minimum atomic E-state index is -0.321. The molecular formula is C12H12Cl2N4O3. The van der Waals surface area contributed by atoms with Gasteiger partial charge in [0.25, 0.3) is 0 Å². The van der Waals surface area contributed by atoms with Crippen LogP contribution in [-0.2, 0) is 14.3 Å². The quantitative estimate of drug-likeness (QED) is 0.488. The summed E-state index contributed by atoms with van der Waals surface area (Å²) in [6.45, 7) is 1.61. The summed E-state index contributed by atoms with van der Waals surface area (Å²) >= 11 is 11.8. The summed E-state index contributed by atoms with van der Waals surface area (Å²) in [5, 5.41) is 5.18. The first kappa shape index (κ1) is 14.5. The van der Waals surface area contributed by atoms with Crippen molar-refractivity contribution in [2.24, 2.45) is 0 Å². The highest BCUT2D eigenvalue weighted by atomic mass is 35.5. The number of ether oxygens (including phenoxy) is 2. The van der Waals surface area contributed by atoms with E-state index in [0.29, 0.717) is 11.0 Å². The van der Waals surface area contributed by atoms with Crippen LogP contribution in [0.2, 0.25) is 10.4 Å². The average Bonchev–Trinajstić information content (AvgIpc) is 3.02. The van der Waals surface area contributed by atoms with Gasteiger partial charge in [0, 0.05) is 6.92 Å². The summed E-state index contributed by atoms with van der Waals surface area (Å²) in [7, 11) is 0. The van der Waals surface area contributed by atoms with Gasteiger partial charge in [0.1, 0.15) is 11.8 Å². The van der Waals surface area contributed by atoms with E-state index in [1.807, 2.05) is 0 Å². The molecule has 0 radical (unpaired) electrons. The molecule has 0 saturated carbocycles. The number of hydrogen-bond donors (Lipinski definition) is 0. The molecule has 3 rings (SSSR count). The van der Waals surface area contributed by atoms with Gasteiger partial charge in [-0.25, -0.2) is 9.67 Å². The summed E-state index contributed by atoms with van der Waals surface area (Å²) in [6, 6.07) is 0. The van der Waals surface area contributed by atoms with Gasteiger partial charge in [-0.2, -0.15) is 10.1 Å². The van der Waals surface area contributed by atoms with E-state index in [-0.39, 0.29) is 35.3 Å². The molecular weight excluding hydrogens is 319 g/mol. The highest BCUT2D eigenvalue weighted by molar-refractivity contribution is 6.35. The Labute approximate surface area is 130 Å². The lowest BCUT2D eigenvalue weighted by Gasteiger charge is -2.14. The molecule has 2 atom stereocenters. The molecule has 9 heteroatoms. The Balaban J connectivity index is 1.81. The molecule has 112 valence electrons. The molecule has 7 nitrogen and oxygen atoms in total. The summed E-state index contributed by atoms with van der Waals surface area (Å²) in [6.07, 6.45) is 2.65. The van der Waals surface area contributed by atoms with Gasteiger partial charge in [-0.3, -0.25) is 4.79 Å². The number of carbonyl (C=O) groups excluding carboxylic acids is 1. The van der Waals surface area contributed by atoms with E-state index in [1.54, 1.807) is 10.9 Å². The number of fused-ring (bicyclic) bond motifs is 1. The predicted octanol–water partition coefficient (Wildman–Crippen LogP) is 2.37. The molecule has 21 heavy (non-hydrogen) atoms. The number of halogens is 2. The number of esters is 1. The predicted molar refractivity (Wildman–Crippen MR) is 75.1 cm³/mol. The normalized spacial score (nSPS) is 21.9. The largest absolute Gasteiger partial charge is 0.463 e. The standard InChI is InChI=1S/C12H12Cl2N4O3/c1-6(19)20-5-7-2-3-9(21-7)18-11-8(4-15-18)10(13)16-12(14)17-11/h4,7,9H,2-3,5H2,1H3. The average molecular weight is 331 g/mol. The molecule has 0 bridgehead atoms. The Morgan fingerprint density at radius 2 is 2.29 bits per heavy atom. The highest BCUT2D eigenvalue weighted by Crippen LogP contribution is 2.31. The van der Waals surface area contributed by atoms with Crippen molar-refractivity contribution in [3.05, 3.63) is 16.6 Å². The molecule has 1 saturated heterocycles. The van der Waals surface area contributed by atoms with Crippen molar-refractivity contribution in [2.45, 2.75) is 32.1 Å². The van der Waals surface area contributed by atoms with Crippen LogP contribution < -0.4 is 0 Å². The van der Waals surface area contributed by atoms with Crippen LogP contribution in [-0.4, -0.2) is 38.4 Å². The van der Waals surface area contributed by atoms with Gasteiger partial charge >= 0.3 is 5.97 Å². The summed E-state index contributed by atoms with van der Waals surface area (Å²) in [5.74, 6) is -0.321. The van der Waals surface area contributed by atoms with Crippen molar-refractivity contribution in [3.8, 4) is 0 Å². The van der Waals surface area contributed by atoms with Crippen LogP contribution >= 0.6 is 23.2 Å². The van der Waals surface area contributed by atoms with Gasteiger partial charge in [0.05, 0.1) is 17.7 Å². The molecule has 0 spiro atoms. The Morgan fingerprint density at radius 3 is 3.05 bits per heavy atom. The molecule has 0 amide bonds. The molecule has 0 aliphatic carbocycles. The van der Waals surface area contributed by atoms with Gasteiger partial charge in [-0.1, -0.05) is 11.6 Å². The zero-order valence-corrected chi connectivity index (χ0v) is 12.6. The van der Waals surface area contributed by atoms with Crippen LogP contribution in [0, 0.1) is 0 Å². The van der Waals surface area contributed by atoms with E-state index in [9.17, 15) is 4.79 Å². The molecule has 2 unspecified atom stereocenters. The molecule has 1 fully saturated rings. The maximum Gasteiger partial charge on any atom is 0.302 e. The van der Waals surface area contributed by atoms with Crippen LogP contribution in [0.15, 0.2) is 6.20 Å². The monoisotopic (exact) mass is 330 g/mol. The summed E-state index contributed by atoms with van der Waals surface area (Å²) < 4.78 is 12.4. The third-order valence-corrected chi connectivity index (χ3v) is 3.67. The Kier molecular flexibility index (Phi) is 3.97. The lowest BCUT2D eigenvalue weighted by Crippen LogP contribution is -2.18. The van der Waals surface area contributed by atoms with Gasteiger partial charge in [-0.05, 0) is 24.4 Å². The highest BCUT2D eigenvalue weighted by Gasteiger charge is 2.29. The van der Waals surface area contributed by atoms with E-state index < -0.39 is 0 Å². The lowest BCUT2D eigenvalue weighted by molar-refractivity contribution is -0.145. The molecule has 3 heterocycles. The van der Waals surface area contributed by atoms with E-state index in [0.717, 1.165) is 12.8 Å². The Hall–Kier alpha value is -1.44. The van der Waals surface area contributed by atoms with Crippen LogP contribution in [0.1, 0.15) is 26.0 Å². The SMILES string of the molecule is CC(=O)OCC1CCC(n2ncc3c(Cl)nc(Cl)nc32)O1. The fraction of sp³-hybridized carbons (Fsp3) is 0.500. The first-order valence-electron chi connectivity index (χ1n) is 6.39. The first-order valence-corrected chi connectivity index (χ1v) is 7.15. The number of rotatable bonds is 3. The van der Waals surface area contributed by atoms with Crippen LogP contribution in [0.5, 0.6) is 0 Å². The van der Waals surface area contributed by atoms with Crippen LogP contribution in [0.25, 0.3) is 11.0 Å². The number of aromatic nitrogens is 4. The third kappa shape index (κ3) is 2.95. The van der Waals surface area contributed by atoms with E-state index in [4.69, 9.17) is 32.7 Å². The molecule has 2 aromatic heterocycles. The second kappa shape index (κ2) is 5.75. The second-order valence-corrected chi connectivity index (χ2v) is 5.40. The molecule has 0 aromatic carbocycles. The number of hydrogen-bond acceptors (Lipinski definition) is 6. The minimum Gasteiger partial charge on any atom is -0.463 e. The maximum absolute atomic E-state index is 10.8. The lowest BCUT2D eigenvalue weighted by atomic mass is 10.2. The van der Waals surface area contributed by atoms with E-state index in [1.165, 1.54) is 6.92 Å². The summed E-state index contributed by atoms with van der Waals surface area (Å²) in [5.41, 5.74) is 0.526. The van der Waals surface area contributed by atoms with Gasteiger partial charge in [0.2, 0.25) is 5.28 Å². The van der Waals surface area contributed by atoms with Crippen molar-refractivity contribution in [1.29, 1.82) is 0 Å². The zero-order valence-electron chi connectivity index (χ0n) is 11.1. The first-order chi connectivity index (χ1) is 10.0. The van der Waals surface area contributed by atoms with Crippen molar-refractivity contribution in [2.75, 3.05) is 6.61 Å². The second-order valence-electron chi connectivity index (χ2n) is 4.70. The molecule has 0 N–H and O–H groups in total. The van der Waals surface area contributed by atoms with Crippen molar-refractivity contribution < 1.29 is 14.3 Å². The van der Waals surface area contributed by atoms with Crippen molar-refractivity contribution in [1.82, 2.24) is 19.7 Å². The third-order valence-electron chi connectivity index (χ3n) is 3.21. The Morgan fingerprint density at radius 1 is 1.48 bits per heavy atom.